The number of nitrogens with zero attached hydrogens (tertiary/aromatic N) is 1. The van der Waals surface area contributed by atoms with Crippen molar-refractivity contribution >= 4 is 15.9 Å². The molecular weight excluding hydrogens is 376 g/mol. The van der Waals surface area contributed by atoms with E-state index in [1.165, 1.54) is 6.07 Å². The first kappa shape index (κ1) is 22.8. The number of sulfonamides is 1. The van der Waals surface area contributed by atoms with Gasteiger partial charge in [0.05, 0.1) is 4.90 Å². The van der Waals surface area contributed by atoms with Gasteiger partial charge < -0.3 is 10.1 Å². The molecule has 7 heteroatoms. The summed E-state index contributed by atoms with van der Waals surface area (Å²) in [6.07, 6.45) is 3.52. The van der Waals surface area contributed by atoms with Crippen LogP contribution in [0.5, 0.6) is 0 Å². The van der Waals surface area contributed by atoms with Crippen molar-refractivity contribution in [2.75, 3.05) is 26.3 Å². The predicted octanol–water partition coefficient (Wildman–Crippen LogP) is 3.35. The summed E-state index contributed by atoms with van der Waals surface area (Å²) in [5, 5.41) is 2.87. The third-order valence-electron chi connectivity index (χ3n) is 5.00. The van der Waals surface area contributed by atoms with Crippen molar-refractivity contribution in [3.8, 4) is 0 Å². The van der Waals surface area contributed by atoms with E-state index in [-0.39, 0.29) is 16.8 Å². The summed E-state index contributed by atoms with van der Waals surface area (Å²) in [7, 11) is -3.59. The first-order valence-corrected chi connectivity index (χ1v) is 11.7. The van der Waals surface area contributed by atoms with Gasteiger partial charge in [0.2, 0.25) is 10.0 Å². The summed E-state index contributed by atoms with van der Waals surface area (Å²) in [5.74, 6) is 0.245. The maximum absolute atomic E-state index is 13.0. The molecule has 0 aliphatic carbocycles. The van der Waals surface area contributed by atoms with E-state index in [0.717, 1.165) is 31.2 Å². The van der Waals surface area contributed by atoms with Gasteiger partial charge in [-0.25, -0.2) is 8.42 Å². The molecule has 1 heterocycles. The van der Waals surface area contributed by atoms with Crippen molar-refractivity contribution < 1.29 is 17.9 Å². The molecule has 6 nitrogen and oxygen atoms in total. The summed E-state index contributed by atoms with van der Waals surface area (Å²) < 4.78 is 33.2. The molecule has 1 N–H and O–H groups in total. The van der Waals surface area contributed by atoms with Crippen LogP contribution in [0.4, 0.5) is 0 Å². The van der Waals surface area contributed by atoms with Crippen LogP contribution in [0.3, 0.4) is 0 Å². The standard InChI is InChI=1S/C21H34N2O4S/c1-16(2)15-27-13-7-11-22-21(24)20-14-19(10-9-17(20)3)28(25,26)23-12-6-5-8-18(23)4/h9-10,14,16,18H,5-8,11-13,15H2,1-4H3,(H,22,24). The number of piperidine rings is 1. The quantitative estimate of drug-likeness (QED) is 0.634. The number of carbonyl (C=O) groups is 1. The van der Waals surface area contributed by atoms with Gasteiger partial charge in [-0.15, -0.1) is 0 Å². The highest BCUT2D eigenvalue weighted by molar-refractivity contribution is 7.89. The van der Waals surface area contributed by atoms with E-state index in [1.54, 1.807) is 16.4 Å². The fourth-order valence-corrected chi connectivity index (χ4v) is 5.09. The highest BCUT2D eigenvalue weighted by Gasteiger charge is 2.31. The molecular formula is C21H34N2O4S. The Hall–Kier alpha value is -1.44. The first-order chi connectivity index (χ1) is 13.2. The summed E-state index contributed by atoms with van der Waals surface area (Å²) in [6.45, 7) is 10.3. The molecule has 158 valence electrons. The minimum absolute atomic E-state index is 0.0110. The van der Waals surface area contributed by atoms with Crippen LogP contribution in [0.1, 0.15) is 62.4 Å². The zero-order chi connectivity index (χ0) is 20.7. The summed E-state index contributed by atoms with van der Waals surface area (Å²) >= 11 is 0. The second-order valence-corrected chi connectivity index (χ2v) is 9.91. The summed E-state index contributed by atoms with van der Waals surface area (Å²) in [4.78, 5) is 12.8. The molecule has 0 radical (unpaired) electrons. The topological polar surface area (TPSA) is 75.7 Å². The summed E-state index contributed by atoms with van der Waals surface area (Å²) in [6, 6.07) is 4.81. The number of aryl methyl sites for hydroxylation is 1. The van der Waals surface area contributed by atoms with Crippen LogP contribution in [-0.4, -0.2) is 51.0 Å². The van der Waals surface area contributed by atoms with Crippen molar-refractivity contribution in [2.24, 2.45) is 5.92 Å². The lowest BCUT2D eigenvalue weighted by Crippen LogP contribution is -2.42. The number of amides is 1. The van der Waals surface area contributed by atoms with Gasteiger partial charge in [0, 0.05) is 37.9 Å². The van der Waals surface area contributed by atoms with Gasteiger partial charge in [0.25, 0.3) is 5.91 Å². The number of rotatable bonds is 9. The van der Waals surface area contributed by atoms with Gasteiger partial charge >= 0.3 is 0 Å². The smallest absolute Gasteiger partial charge is 0.251 e. The van der Waals surface area contributed by atoms with Crippen LogP contribution < -0.4 is 5.32 Å². The van der Waals surface area contributed by atoms with Gasteiger partial charge in [-0.2, -0.15) is 4.31 Å². The minimum atomic E-state index is -3.59. The lowest BCUT2D eigenvalue weighted by Gasteiger charge is -2.32. The molecule has 1 amide bonds. The molecule has 1 atom stereocenters. The van der Waals surface area contributed by atoms with Gasteiger partial charge in [0.15, 0.2) is 0 Å². The molecule has 1 unspecified atom stereocenters. The Bertz CT molecular complexity index is 762. The van der Waals surface area contributed by atoms with E-state index >= 15 is 0 Å². The Morgan fingerprint density at radius 3 is 2.75 bits per heavy atom. The van der Waals surface area contributed by atoms with Crippen molar-refractivity contribution in [3.63, 3.8) is 0 Å². The van der Waals surface area contributed by atoms with Gasteiger partial charge in [-0.3, -0.25) is 4.79 Å². The average Bonchev–Trinajstić information content (AvgIpc) is 2.64. The Labute approximate surface area is 169 Å². The fraction of sp³-hybridized carbons (Fsp3) is 0.667. The lowest BCUT2D eigenvalue weighted by atomic mass is 10.1. The molecule has 1 saturated heterocycles. The van der Waals surface area contributed by atoms with E-state index in [0.29, 0.717) is 37.8 Å². The molecule has 1 aliphatic rings. The Morgan fingerprint density at radius 1 is 1.32 bits per heavy atom. The number of hydrogen-bond acceptors (Lipinski definition) is 4. The molecule has 1 fully saturated rings. The van der Waals surface area contributed by atoms with E-state index in [4.69, 9.17) is 4.74 Å². The number of nitrogens with one attached hydrogen (secondary N) is 1. The van der Waals surface area contributed by atoms with E-state index < -0.39 is 10.0 Å². The second kappa shape index (κ2) is 10.4. The van der Waals surface area contributed by atoms with Crippen LogP contribution in [0.15, 0.2) is 23.1 Å². The summed E-state index contributed by atoms with van der Waals surface area (Å²) in [5.41, 5.74) is 1.17. The molecule has 1 aliphatic heterocycles. The number of benzene rings is 1. The molecule has 0 spiro atoms. The number of hydrogen-bond donors (Lipinski definition) is 1. The molecule has 1 aromatic rings. The molecule has 0 aromatic heterocycles. The molecule has 0 saturated carbocycles. The zero-order valence-electron chi connectivity index (χ0n) is 17.5. The highest BCUT2D eigenvalue weighted by Crippen LogP contribution is 2.26. The maximum Gasteiger partial charge on any atom is 0.251 e. The van der Waals surface area contributed by atoms with Crippen molar-refractivity contribution in [1.82, 2.24) is 9.62 Å². The van der Waals surface area contributed by atoms with Crippen LogP contribution in [0.2, 0.25) is 0 Å². The lowest BCUT2D eigenvalue weighted by molar-refractivity contribution is 0.0924. The predicted molar refractivity (Wildman–Crippen MR) is 111 cm³/mol. The van der Waals surface area contributed by atoms with Crippen LogP contribution in [0.25, 0.3) is 0 Å². The third kappa shape index (κ3) is 6.03. The fourth-order valence-electron chi connectivity index (χ4n) is 3.36. The van der Waals surface area contributed by atoms with Crippen molar-refractivity contribution in [1.29, 1.82) is 0 Å². The van der Waals surface area contributed by atoms with Gasteiger partial charge in [-0.1, -0.05) is 26.3 Å². The van der Waals surface area contributed by atoms with Crippen LogP contribution >= 0.6 is 0 Å². The molecule has 1 aromatic carbocycles. The van der Waals surface area contributed by atoms with E-state index in [1.807, 2.05) is 13.8 Å². The Kier molecular flexibility index (Phi) is 8.46. The molecule has 28 heavy (non-hydrogen) atoms. The molecule has 0 bridgehead atoms. The molecule has 2 rings (SSSR count). The monoisotopic (exact) mass is 410 g/mol. The number of ether oxygens (including phenoxy) is 1. The third-order valence-corrected chi connectivity index (χ3v) is 7.01. The van der Waals surface area contributed by atoms with Crippen molar-refractivity contribution in [2.45, 2.75) is 64.3 Å². The highest BCUT2D eigenvalue weighted by atomic mass is 32.2. The van der Waals surface area contributed by atoms with Crippen molar-refractivity contribution in [3.05, 3.63) is 29.3 Å². The minimum Gasteiger partial charge on any atom is -0.381 e. The SMILES string of the molecule is Cc1ccc(S(=O)(=O)N2CCCCC2C)cc1C(=O)NCCCOCC(C)C. The number of carbonyl (C=O) groups excluding carboxylic acids is 1. The zero-order valence-corrected chi connectivity index (χ0v) is 18.3. The Balaban J connectivity index is 2.03. The van der Waals surface area contributed by atoms with E-state index in [2.05, 4.69) is 19.2 Å². The first-order valence-electron chi connectivity index (χ1n) is 10.2. The average molecular weight is 411 g/mol. The van der Waals surface area contributed by atoms with Crippen LogP contribution in [-0.2, 0) is 14.8 Å². The van der Waals surface area contributed by atoms with Gasteiger partial charge in [-0.05, 0) is 56.7 Å². The Morgan fingerprint density at radius 2 is 2.07 bits per heavy atom. The largest absolute Gasteiger partial charge is 0.381 e. The second-order valence-electron chi connectivity index (χ2n) is 8.02. The maximum atomic E-state index is 13.0. The van der Waals surface area contributed by atoms with E-state index in [9.17, 15) is 13.2 Å². The van der Waals surface area contributed by atoms with Gasteiger partial charge in [0.1, 0.15) is 0 Å². The van der Waals surface area contributed by atoms with Crippen LogP contribution in [0, 0.1) is 12.8 Å². The normalized spacial score (nSPS) is 18.4.